The van der Waals surface area contributed by atoms with Crippen molar-refractivity contribution in [3.8, 4) is 0 Å². The summed E-state index contributed by atoms with van der Waals surface area (Å²) in [4.78, 5) is 0. The molecule has 1 radical (unpaired) electrons. The molecule has 0 amide bonds. The van der Waals surface area contributed by atoms with Crippen molar-refractivity contribution in [3.05, 3.63) is 12.7 Å². The van der Waals surface area contributed by atoms with Gasteiger partial charge in [-0.1, -0.05) is 31.8 Å². The molecule has 0 bridgehead atoms. The Balaban J connectivity index is 2.87. The molecule has 1 fully saturated rings. The van der Waals surface area contributed by atoms with Gasteiger partial charge in [-0.2, -0.15) is 0 Å². The van der Waals surface area contributed by atoms with Crippen LogP contribution in [0.15, 0.2) is 12.7 Å². The van der Waals surface area contributed by atoms with Crippen LogP contribution in [0.5, 0.6) is 0 Å². The quantitative estimate of drug-likeness (QED) is 0.320. The van der Waals surface area contributed by atoms with Crippen LogP contribution < -0.4 is 0 Å². The molecule has 1 rings (SSSR count). The smallest absolute Gasteiger partial charge is 0.209 e. The van der Waals surface area contributed by atoms with Crippen LogP contribution in [0.1, 0.15) is 33.1 Å². The Morgan fingerprint density at radius 2 is 2.42 bits per heavy atom. The third-order valence-corrected chi connectivity index (χ3v) is 3.96. The van der Waals surface area contributed by atoms with Crippen molar-refractivity contribution in [1.82, 2.24) is 0 Å². The Labute approximate surface area is 122 Å². The molecule has 0 spiro atoms. The second-order valence-corrected chi connectivity index (χ2v) is 5.90. The summed E-state index contributed by atoms with van der Waals surface area (Å²) in [5.41, 5.74) is -0.559. The summed E-state index contributed by atoms with van der Waals surface area (Å²) in [6, 6.07) is 0. The minimum atomic E-state index is -1.11. The number of rotatable bonds is 8. The van der Waals surface area contributed by atoms with Crippen molar-refractivity contribution >= 4 is 19.0 Å². The van der Waals surface area contributed by atoms with Gasteiger partial charge in [-0.3, -0.25) is 0 Å². The molecule has 19 heavy (non-hydrogen) atoms. The zero-order chi connectivity index (χ0) is 15.2. The van der Waals surface area contributed by atoms with E-state index in [1.165, 1.54) is 0 Å². The van der Waals surface area contributed by atoms with Crippen LogP contribution >= 0.6 is 11.9 Å². The monoisotopic (exact) mass is 289 g/mol. The Hall–Kier alpha value is -0.00506. The third kappa shape index (κ3) is 3.55. The van der Waals surface area contributed by atoms with Gasteiger partial charge in [0.2, 0.25) is 12.9 Å². The van der Waals surface area contributed by atoms with Crippen LogP contribution in [0.3, 0.4) is 0 Å². The van der Waals surface area contributed by atoms with Crippen LogP contribution in [0.2, 0.25) is 0 Å². The molecular weight excluding hydrogens is 263 g/mol. The Kier molecular flexibility index (Phi) is 5.78. The summed E-state index contributed by atoms with van der Waals surface area (Å²) in [5, 5.41) is 10.4. The van der Waals surface area contributed by atoms with E-state index >= 15 is 0 Å². The fourth-order valence-electron chi connectivity index (χ4n) is 2.62. The molecule has 0 aromatic rings. The molecular formula is C13H24BO4S. The van der Waals surface area contributed by atoms with Gasteiger partial charge in [0.05, 0.1) is 12.7 Å². The number of aliphatic hydroxyl groups excluding tert-OH is 1. The van der Waals surface area contributed by atoms with Gasteiger partial charge in [0.1, 0.15) is 6.10 Å². The predicted octanol–water partition coefficient (Wildman–Crippen LogP) is 1.95. The fraction of sp³-hybridized carbons (Fsp3) is 0.846. The van der Waals surface area contributed by atoms with Crippen molar-refractivity contribution in [2.75, 3.05) is 13.7 Å². The molecule has 1 N–H and O–H groups in total. The highest BCUT2D eigenvalue weighted by molar-refractivity contribution is 8.15. The molecule has 2 unspecified atom stereocenters. The molecule has 1 saturated heterocycles. The van der Waals surface area contributed by atoms with Crippen molar-refractivity contribution < 1.29 is 18.8 Å². The molecule has 1 heterocycles. The molecule has 0 saturated carbocycles. The molecule has 4 nitrogen and oxygen atoms in total. The zero-order valence-electron chi connectivity index (χ0n) is 12.9. The predicted molar refractivity (Wildman–Crippen MR) is 79.1 cm³/mol. The van der Waals surface area contributed by atoms with Crippen LogP contribution in [0, 0.1) is 5.41 Å². The lowest BCUT2D eigenvalue weighted by atomic mass is 9.77. The molecule has 0 aliphatic carbocycles. The normalized spacial score (nSPS) is 32.7. The summed E-state index contributed by atoms with van der Waals surface area (Å²) in [6.07, 6.45) is 3.22. The topological polar surface area (TPSA) is 47.9 Å². The molecule has 6 heteroatoms. The molecule has 1 aliphatic rings. The lowest BCUT2D eigenvalue weighted by Crippen LogP contribution is -2.62. The van der Waals surface area contributed by atoms with E-state index in [0.29, 0.717) is 13.0 Å². The minimum absolute atomic E-state index is 0.00878. The second kappa shape index (κ2) is 7.13. The SMILES string of the molecule is [3H][B]SOCC(C)(C)C1(OC)O[C@H](CC=C)CCC1O. The average molecular weight is 289 g/mol. The maximum Gasteiger partial charge on any atom is 0.209 e. The van der Waals surface area contributed by atoms with E-state index in [2.05, 4.69) is 6.58 Å². The van der Waals surface area contributed by atoms with E-state index in [9.17, 15) is 5.11 Å². The Bertz CT molecular complexity index is 319. The third-order valence-electron chi connectivity index (χ3n) is 3.71. The summed E-state index contributed by atoms with van der Waals surface area (Å²) in [7, 11) is 2.67. The van der Waals surface area contributed by atoms with E-state index in [1.807, 2.05) is 19.9 Å². The van der Waals surface area contributed by atoms with E-state index in [1.54, 1.807) is 7.11 Å². The highest BCUT2D eigenvalue weighted by Crippen LogP contribution is 2.44. The Morgan fingerprint density at radius 3 is 3.00 bits per heavy atom. The lowest BCUT2D eigenvalue weighted by Gasteiger charge is -2.51. The average Bonchev–Trinajstić information content (AvgIpc) is 2.41. The summed E-state index contributed by atoms with van der Waals surface area (Å²) >= 11 is 0.953. The Morgan fingerprint density at radius 1 is 1.68 bits per heavy atom. The van der Waals surface area contributed by atoms with Gasteiger partial charge < -0.3 is 18.8 Å². The molecule has 3 atom stereocenters. The van der Waals surface area contributed by atoms with Crippen LogP contribution in [0.25, 0.3) is 0 Å². The van der Waals surface area contributed by atoms with Crippen molar-refractivity contribution in [2.45, 2.75) is 51.1 Å². The van der Waals surface area contributed by atoms with Gasteiger partial charge >= 0.3 is 0 Å². The standard InChI is InChI=1S/C13H24BO4S/c1-5-6-10-7-8-11(15)13(16-4,18-10)12(2,3)9-17-19-14/h5,10-11,14-15H,1,6-9H2,2-4H3/t10-,11?,13?/m1/s1/i14T. The van der Waals surface area contributed by atoms with Gasteiger partial charge in [0.25, 0.3) is 0 Å². The minimum Gasteiger partial charge on any atom is -0.387 e. The first-order valence-electron chi connectivity index (χ1n) is 7.01. The van der Waals surface area contributed by atoms with Gasteiger partial charge in [-0.05, 0) is 20.6 Å². The number of ether oxygens (including phenoxy) is 2. The molecule has 1 aliphatic heterocycles. The van der Waals surface area contributed by atoms with Gasteiger partial charge in [0, 0.05) is 12.5 Å². The van der Waals surface area contributed by atoms with Crippen LogP contribution in [0.4, 0.5) is 0 Å². The lowest BCUT2D eigenvalue weighted by molar-refractivity contribution is -0.358. The van der Waals surface area contributed by atoms with Crippen molar-refractivity contribution in [1.29, 1.82) is 1.34 Å². The first kappa shape index (κ1) is 15.4. The van der Waals surface area contributed by atoms with Gasteiger partial charge in [0.15, 0.2) is 0 Å². The summed E-state index contributed by atoms with van der Waals surface area (Å²) in [6.45, 7) is 7.90. The van der Waals surface area contributed by atoms with Gasteiger partial charge in [-0.25, -0.2) is 0 Å². The highest BCUT2D eigenvalue weighted by Gasteiger charge is 2.55. The van der Waals surface area contributed by atoms with Crippen LogP contribution in [-0.4, -0.2) is 45.2 Å². The number of hydrogen-bond donors (Lipinski definition) is 1. The number of hydrogen-bond acceptors (Lipinski definition) is 5. The van der Waals surface area contributed by atoms with Crippen molar-refractivity contribution in [2.24, 2.45) is 5.41 Å². The molecule has 0 aromatic carbocycles. The first-order valence-corrected chi connectivity index (χ1v) is 7.24. The van der Waals surface area contributed by atoms with E-state index in [-0.39, 0.29) is 6.10 Å². The van der Waals surface area contributed by atoms with E-state index in [4.69, 9.17) is 15.0 Å². The van der Waals surface area contributed by atoms with Gasteiger partial charge in [-0.15, -0.1) is 6.58 Å². The van der Waals surface area contributed by atoms with Crippen molar-refractivity contribution in [3.63, 3.8) is 0 Å². The number of methoxy groups -OCH3 is 1. The highest BCUT2D eigenvalue weighted by atomic mass is 32.2. The van der Waals surface area contributed by atoms with E-state index < -0.39 is 17.3 Å². The zero-order valence-corrected chi connectivity index (χ0v) is 12.7. The van der Waals surface area contributed by atoms with E-state index in [0.717, 1.165) is 31.8 Å². The second-order valence-electron chi connectivity index (χ2n) is 5.47. The summed E-state index contributed by atoms with van der Waals surface area (Å²) < 4.78 is 24.0. The first-order chi connectivity index (χ1) is 9.43. The maximum atomic E-state index is 10.4. The summed E-state index contributed by atoms with van der Waals surface area (Å²) in [5.74, 6) is -1.11. The number of aliphatic hydroxyl groups is 1. The fourth-order valence-corrected chi connectivity index (χ4v) is 2.99. The molecule has 109 valence electrons. The maximum absolute atomic E-state index is 10.4. The largest absolute Gasteiger partial charge is 0.387 e. The molecule has 0 aromatic heterocycles. The van der Waals surface area contributed by atoms with Crippen LogP contribution in [-0.2, 0) is 13.7 Å².